The topological polar surface area (TPSA) is 60.5 Å². The van der Waals surface area contributed by atoms with Gasteiger partial charge >= 0.3 is 0 Å². The van der Waals surface area contributed by atoms with E-state index in [4.69, 9.17) is 9.47 Å². The second-order valence-corrected chi connectivity index (χ2v) is 8.22. The number of para-hydroxylation sites is 1. The minimum atomic E-state index is -0.315. The normalized spacial score (nSPS) is 15.6. The fourth-order valence-electron chi connectivity index (χ4n) is 3.42. The third kappa shape index (κ3) is 3.93. The summed E-state index contributed by atoms with van der Waals surface area (Å²) < 4.78 is 24.8. The number of carbonyl (C=O) groups excluding carboxylic acids is 1. The molecule has 2 aromatic carbocycles. The summed E-state index contributed by atoms with van der Waals surface area (Å²) >= 11 is 1.46. The lowest BCUT2D eigenvalue weighted by Crippen LogP contribution is -2.25. The van der Waals surface area contributed by atoms with Gasteiger partial charge in [0.25, 0.3) is 5.91 Å². The predicted octanol–water partition coefficient (Wildman–Crippen LogP) is 4.42. The van der Waals surface area contributed by atoms with Crippen LogP contribution < -0.4 is 10.1 Å². The number of benzene rings is 2. The molecule has 29 heavy (non-hydrogen) atoms. The van der Waals surface area contributed by atoms with Crippen molar-refractivity contribution in [2.24, 2.45) is 0 Å². The highest BCUT2D eigenvalue weighted by molar-refractivity contribution is 7.98. The Bertz CT molecular complexity index is 1100. The lowest BCUT2D eigenvalue weighted by Gasteiger charge is -2.20. The quantitative estimate of drug-likeness (QED) is 0.631. The molecule has 2 aliphatic rings. The number of ether oxygens (including phenoxy) is 2. The number of aromatic nitrogens is 1. The van der Waals surface area contributed by atoms with Crippen molar-refractivity contribution < 1.29 is 18.7 Å². The molecule has 0 atom stereocenters. The Morgan fingerprint density at radius 3 is 2.97 bits per heavy atom. The van der Waals surface area contributed by atoms with E-state index in [-0.39, 0.29) is 24.6 Å². The first-order valence-electron chi connectivity index (χ1n) is 9.52. The maximum atomic E-state index is 14.0. The molecule has 0 spiro atoms. The lowest BCUT2D eigenvalue weighted by molar-refractivity contribution is -0.0171. The van der Waals surface area contributed by atoms with E-state index >= 15 is 0 Å². The van der Waals surface area contributed by atoms with Crippen LogP contribution in [0.15, 0.2) is 47.5 Å². The molecule has 2 heterocycles. The van der Waals surface area contributed by atoms with Crippen molar-refractivity contribution >= 4 is 28.6 Å². The molecule has 148 valence electrons. The Morgan fingerprint density at radius 2 is 2.10 bits per heavy atom. The maximum absolute atomic E-state index is 14.0. The number of nitrogens with zero attached hydrogens (tertiary/aromatic N) is 1. The number of pyridine rings is 1. The number of rotatable bonds is 5. The van der Waals surface area contributed by atoms with Crippen LogP contribution in [0.4, 0.5) is 4.39 Å². The number of thioether (sulfide) groups is 1. The predicted molar refractivity (Wildman–Crippen MR) is 108 cm³/mol. The van der Waals surface area contributed by atoms with E-state index in [0.29, 0.717) is 29.2 Å². The molecule has 3 aromatic rings. The Balaban J connectivity index is 1.45. The number of hydrogen-bond acceptors (Lipinski definition) is 5. The van der Waals surface area contributed by atoms with Crippen LogP contribution in [0.2, 0.25) is 0 Å². The molecule has 1 aliphatic carbocycles. The first-order valence-corrected chi connectivity index (χ1v) is 10.5. The van der Waals surface area contributed by atoms with Crippen molar-refractivity contribution in [1.29, 1.82) is 0 Å². The Morgan fingerprint density at radius 1 is 1.24 bits per heavy atom. The van der Waals surface area contributed by atoms with Gasteiger partial charge in [0, 0.05) is 28.3 Å². The average Bonchev–Trinajstić information content (AvgIpc) is 3.55. The van der Waals surface area contributed by atoms with Gasteiger partial charge in [-0.15, -0.1) is 11.8 Å². The minimum absolute atomic E-state index is 0.0726. The van der Waals surface area contributed by atoms with Crippen LogP contribution in [0.3, 0.4) is 0 Å². The lowest BCUT2D eigenvalue weighted by atomic mass is 10.1. The molecule has 5 nitrogen and oxygen atoms in total. The van der Waals surface area contributed by atoms with Crippen molar-refractivity contribution in [3.8, 4) is 5.75 Å². The van der Waals surface area contributed by atoms with E-state index in [1.165, 1.54) is 23.9 Å². The van der Waals surface area contributed by atoms with E-state index in [0.717, 1.165) is 34.3 Å². The molecule has 1 fully saturated rings. The van der Waals surface area contributed by atoms with Gasteiger partial charge in [0.05, 0.1) is 22.7 Å². The number of hydrogen-bond donors (Lipinski definition) is 1. The molecule has 1 amide bonds. The first-order chi connectivity index (χ1) is 14.2. The third-order valence-corrected chi connectivity index (χ3v) is 5.94. The van der Waals surface area contributed by atoms with E-state index < -0.39 is 0 Å². The molecule has 5 rings (SSSR count). The van der Waals surface area contributed by atoms with Crippen molar-refractivity contribution in [2.45, 2.75) is 36.3 Å². The summed E-state index contributed by atoms with van der Waals surface area (Å²) in [5.74, 6) is 0.772. The first kappa shape index (κ1) is 18.4. The molecule has 0 unspecified atom stereocenters. The molecular weight excluding hydrogens is 391 g/mol. The highest BCUT2D eigenvalue weighted by atomic mass is 32.2. The SMILES string of the molecule is O=C(NC1CC1)c1cc(SCc2cc(F)cc3c2OCOC3)nc2ccccc12. The molecule has 1 saturated carbocycles. The standard InChI is InChI=1S/C22H19FN2O3S/c23-15-7-13-10-27-12-28-21(13)14(8-15)11-29-20-9-18(22(26)24-16-5-6-16)17-3-1-2-4-19(17)25-20/h1-4,7-9,16H,5-6,10-12H2,(H,24,26). The van der Waals surface area contributed by atoms with Crippen LogP contribution in [0.1, 0.15) is 34.3 Å². The van der Waals surface area contributed by atoms with Crippen LogP contribution in [0, 0.1) is 5.82 Å². The summed E-state index contributed by atoms with van der Waals surface area (Å²) in [6.45, 7) is 0.500. The molecule has 7 heteroatoms. The van der Waals surface area contributed by atoms with Crippen LogP contribution >= 0.6 is 11.8 Å². The van der Waals surface area contributed by atoms with Gasteiger partial charge in [-0.2, -0.15) is 0 Å². The van der Waals surface area contributed by atoms with Gasteiger partial charge in [0.1, 0.15) is 11.6 Å². The van der Waals surface area contributed by atoms with Gasteiger partial charge in [0.15, 0.2) is 6.79 Å². The molecule has 0 saturated heterocycles. The summed E-state index contributed by atoms with van der Waals surface area (Å²) in [5.41, 5.74) is 2.86. The highest BCUT2D eigenvalue weighted by Crippen LogP contribution is 2.34. The van der Waals surface area contributed by atoms with Crippen molar-refractivity contribution in [3.63, 3.8) is 0 Å². The van der Waals surface area contributed by atoms with E-state index in [2.05, 4.69) is 10.3 Å². The van der Waals surface area contributed by atoms with Gasteiger partial charge in [-0.1, -0.05) is 18.2 Å². The number of fused-ring (bicyclic) bond motifs is 2. The number of nitrogens with one attached hydrogen (secondary N) is 1. The highest BCUT2D eigenvalue weighted by Gasteiger charge is 2.25. The molecular formula is C22H19FN2O3S. The smallest absolute Gasteiger partial charge is 0.252 e. The van der Waals surface area contributed by atoms with Gasteiger partial charge < -0.3 is 14.8 Å². The van der Waals surface area contributed by atoms with Crippen molar-refractivity contribution in [2.75, 3.05) is 6.79 Å². The van der Waals surface area contributed by atoms with E-state index in [1.807, 2.05) is 30.3 Å². The fourth-order valence-corrected chi connectivity index (χ4v) is 4.30. The Hall–Kier alpha value is -2.64. The number of amides is 1. The summed E-state index contributed by atoms with van der Waals surface area (Å²) in [5, 5.41) is 4.60. The summed E-state index contributed by atoms with van der Waals surface area (Å²) in [6.07, 6.45) is 2.06. The summed E-state index contributed by atoms with van der Waals surface area (Å²) in [6, 6.07) is 12.7. The van der Waals surface area contributed by atoms with Gasteiger partial charge in [0.2, 0.25) is 0 Å². The van der Waals surface area contributed by atoms with Crippen LogP contribution in [0.25, 0.3) is 10.9 Å². The molecule has 1 N–H and O–H groups in total. The van der Waals surface area contributed by atoms with Crippen molar-refractivity contribution in [3.05, 3.63) is 65.0 Å². The zero-order valence-electron chi connectivity index (χ0n) is 15.6. The Kier molecular flexibility index (Phi) is 4.85. The molecule has 1 aromatic heterocycles. The molecule has 0 bridgehead atoms. The largest absolute Gasteiger partial charge is 0.467 e. The van der Waals surface area contributed by atoms with Crippen LogP contribution in [-0.2, 0) is 17.1 Å². The second kappa shape index (κ2) is 7.65. The van der Waals surface area contributed by atoms with Crippen LogP contribution in [0.5, 0.6) is 5.75 Å². The molecule has 1 aliphatic heterocycles. The summed E-state index contributed by atoms with van der Waals surface area (Å²) in [4.78, 5) is 17.4. The number of halogens is 1. The summed E-state index contributed by atoms with van der Waals surface area (Å²) in [7, 11) is 0. The van der Waals surface area contributed by atoms with Crippen LogP contribution in [-0.4, -0.2) is 23.7 Å². The zero-order chi connectivity index (χ0) is 19.8. The minimum Gasteiger partial charge on any atom is -0.467 e. The maximum Gasteiger partial charge on any atom is 0.252 e. The van der Waals surface area contributed by atoms with Gasteiger partial charge in [-0.05, 0) is 37.1 Å². The van der Waals surface area contributed by atoms with Gasteiger partial charge in [-0.25, -0.2) is 9.37 Å². The zero-order valence-corrected chi connectivity index (χ0v) is 16.4. The fraction of sp³-hybridized carbons (Fsp3) is 0.273. The second-order valence-electron chi connectivity index (χ2n) is 7.23. The third-order valence-electron chi connectivity index (χ3n) is 4.98. The Labute approximate surface area is 171 Å². The monoisotopic (exact) mass is 410 g/mol. The molecule has 0 radical (unpaired) electrons. The van der Waals surface area contributed by atoms with E-state index in [9.17, 15) is 9.18 Å². The van der Waals surface area contributed by atoms with Crippen molar-refractivity contribution in [1.82, 2.24) is 10.3 Å². The van der Waals surface area contributed by atoms with Gasteiger partial charge in [-0.3, -0.25) is 4.79 Å². The van der Waals surface area contributed by atoms with E-state index in [1.54, 1.807) is 0 Å². The average molecular weight is 410 g/mol. The number of carbonyl (C=O) groups is 1.